The van der Waals surface area contributed by atoms with Crippen molar-refractivity contribution < 1.29 is 23.9 Å². The van der Waals surface area contributed by atoms with Crippen molar-refractivity contribution in [2.45, 2.75) is 39.7 Å². The van der Waals surface area contributed by atoms with Gasteiger partial charge in [-0.2, -0.15) is 4.39 Å². The molecule has 0 saturated carbocycles. The van der Waals surface area contributed by atoms with Crippen molar-refractivity contribution in [2.24, 2.45) is 11.7 Å². The molecule has 1 atom stereocenters. The molecule has 1 aromatic heterocycles. The molecule has 31 heavy (non-hydrogen) atoms. The number of nitrogens with one attached hydrogen (secondary N) is 3. The van der Waals surface area contributed by atoms with E-state index in [1.807, 2.05) is 13.8 Å². The van der Waals surface area contributed by atoms with Crippen LogP contribution >= 0.6 is 0 Å². The molecule has 0 unspecified atom stereocenters. The number of aromatic amines is 1. The zero-order valence-corrected chi connectivity index (χ0v) is 17.9. The molecule has 1 heterocycles. The molecule has 0 bridgehead atoms. The lowest BCUT2D eigenvalue weighted by atomic mass is 10.0. The van der Waals surface area contributed by atoms with Crippen molar-refractivity contribution in [3.05, 3.63) is 45.0 Å². The van der Waals surface area contributed by atoms with Gasteiger partial charge in [0.15, 0.2) is 0 Å². The second-order valence-corrected chi connectivity index (χ2v) is 7.07. The van der Waals surface area contributed by atoms with Crippen LogP contribution in [0.1, 0.15) is 38.4 Å². The van der Waals surface area contributed by atoms with Crippen LogP contribution in [0.3, 0.4) is 0 Å². The second kappa shape index (κ2) is 14.0. The van der Waals surface area contributed by atoms with Crippen molar-refractivity contribution in [2.75, 3.05) is 19.7 Å². The molecule has 11 nitrogen and oxygen atoms in total. The van der Waals surface area contributed by atoms with Gasteiger partial charge in [0.1, 0.15) is 0 Å². The highest BCUT2D eigenvalue weighted by Gasteiger charge is 2.17. The minimum absolute atomic E-state index is 0.108. The van der Waals surface area contributed by atoms with Gasteiger partial charge in [-0.3, -0.25) is 24.2 Å². The molecule has 0 aromatic carbocycles. The molecule has 0 aliphatic carbocycles. The normalized spacial score (nSPS) is 11.2. The van der Waals surface area contributed by atoms with Crippen LogP contribution in [-0.4, -0.2) is 58.1 Å². The van der Waals surface area contributed by atoms with Gasteiger partial charge in [-0.05, 0) is 25.7 Å². The molecule has 0 spiro atoms. The van der Waals surface area contributed by atoms with Gasteiger partial charge in [-0.25, -0.2) is 9.36 Å². The van der Waals surface area contributed by atoms with E-state index in [0.717, 1.165) is 0 Å². The summed E-state index contributed by atoms with van der Waals surface area (Å²) in [5.41, 5.74) is 3.82. The summed E-state index contributed by atoms with van der Waals surface area (Å²) < 4.78 is 13.4. The number of hydrogen-bond donors (Lipinski definition) is 5. The number of nitrogens with two attached hydrogens (primary N) is 1. The first kappa shape index (κ1) is 27.9. The summed E-state index contributed by atoms with van der Waals surface area (Å²) in [7, 11) is 0. The Bertz CT molecular complexity index is 893. The average Bonchev–Trinajstić information content (AvgIpc) is 2.68. The SMILES string of the molecule is C=C(C)C(=O)NCCCO.CC(C)C[C@@H](N)C(=O)NCC(=O)n1cc(F)c(=O)[nH]c1=O. The molecule has 1 aromatic rings. The lowest BCUT2D eigenvalue weighted by Gasteiger charge is -2.13. The van der Waals surface area contributed by atoms with E-state index < -0.39 is 41.5 Å². The summed E-state index contributed by atoms with van der Waals surface area (Å²) in [6, 6.07) is -0.776. The van der Waals surface area contributed by atoms with Gasteiger partial charge in [-0.15, -0.1) is 0 Å². The zero-order valence-electron chi connectivity index (χ0n) is 17.9. The fraction of sp³-hybridized carbons (Fsp3) is 0.526. The first-order chi connectivity index (χ1) is 14.4. The topological polar surface area (TPSA) is 176 Å². The summed E-state index contributed by atoms with van der Waals surface area (Å²) in [6.45, 7) is 8.98. The van der Waals surface area contributed by atoms with E-state index in [2.05, 4.69) is 17.2 Å². The van der Waals surface area contributed by atoms with E-state index in [4.69, 9.17) is 10.8 Å². The van der Waals surface area contributed by atoms with Crippen LogP contribution in [0.25, 0.3) is 0 Å². The molecule has 0 aliphatic heterocycles. The van der Waals surface area contributed by atoms with Crippen LogP contribution in [0.2, 0.25) is 0 Å². The number of halogens is 1. The van der Waals surface area contributed by atoms with E-state index in [1.165, 1.54) is 0 Å². The Labute approximate surface area is 178 Å². The molecular weight excluding hydrogens is 413 g/mol. The molecule has 174 valence electrons. The van der Waals surface area contributed by atoms with Crippen LogP contribution in [0.15, 0.2) is 27.9 Å². The summed E-state index contributed by atoms with van der Waals surface area (Å²) in [6.07, 6.45) is 1.51. The number of carbonyl (C=O) groups is 3. The van der Waals surface area contributed by atoms with Crippen LogP contribution in [0.4, 0.5) is 4.39 Å². The van der Waals surface area contributed by atoms with Crippen molar-refractivity contribution in [1.29, 1.82) is 0 Å². The Morgan fingerprint density at radius 1 is 1.29 bits per heavy atom. The van der Waals surface area contributed by atoms with E-state index in [1.54, 1.807) is 11.9 Å². The first-order valence-electron chi connectivity index (χ1n) is 9.53. The molecule has 1 rings (SSSR count). The van der Waals surface area contributed by atoms with Crippen LogP contribution < -0.4 is 27.6 Å². The van der Waals surface area contributed by atoms with Gasteiger partial charge in [-0.1, -0.05) is 20.4 Å². The fourth-order valence-corrected chi connectivity index (χ4v) is 2.06. The number of rotatable bonds is 9. The monoisotopic (exact) mass is 443 g/mol. The fourth-order valence-electron chi connectivity index (χ4n) is 2.06. The Hall–Kier alpha value is -3.12. The average molecular weight is 443 g/mol. The smallest absolute Gasteiger partial charge is 0.335 e. The number of aliphatic hydroxyl groups excluding tert-OH is 1. The highest BCUT2D eigenvalue weighted by atomic mass is 19.1. The van der Waals surface area contributed by atoms with Gasteiger partial charge in [0, 0.05) is 18.7 Å². The Morgan fingerprint density at radius 3 is 2.42 bits per heavy atom. The minimum atomic E-state index is -1.27. The van der Waals surface area contributed by atoms with Gasteiger partial charge < -0.3 is 21.5 Å². The maximum atomic E-state index is 13.0. The summed E-state index contributed by atoms with van der Waals surface area (Å²) >= 11 is 0. The van der Waals surface area contributed by atoms with Crippen molar-refractivity contribution in [3.63, 3.8) is 0 Å². The van der Waals surface area contributed by atoms with Crippen LogP contribution in [-0.2, 0) is 9.59 Å². The van der Waals surface area contributed by atoms with Crippen molar-refractivity contribution in [3.8, 4) is 0 Å². The third-order valence-corrected chi connectivity index (χ3v) is 3.65. The highest BCUT2D eigenvalue weighted by Crippen LogP contribution is 2.02. The van der Waals surface area contributed by atoms with E-state index in [-0.39, 0.29) is 18.4 Å². The number of aromatic nitrogens is 2. The third kappa shape index (κ3) is 11.0. The Kier molecular flexibility index (Phi) is 12.6. The van der Waals surface area contributed by atoms with E-state index in [0.29, 0.717) is 35.7 Å². The molecule has 12 heteroatoms. The summed E-state index contributed by atoms with van der Waals surface area (Å²) in [4.78, 5) is 57.8. The molecule has 0 saturated heterocycles. The third-order valence-electron chi connectivity index (χ3n) is 3.65. The van der Waals surface area contributed by atoms with Crippen molar-refractivity contribution in [1.82, 2.24) is 20.2 Å². The number of amides is 2. The van der Waals surface area contributed by atoms with E-state index >= 15 is 0 Å². The molecule has 0 radical (unpaired) electrons. The van der Waals surface area contributed by atoms with Gasteiger partial charge in [0.2, 0.25) is 17.6 Å². The number of H-pyrrole nitrogens is 1. The van der Waals surface area contributed by atoms with Crippen LogP contribution in [0.5, 0.6) is 0 Å². The van der Waals surface area contributed by atoms with Gasteiger partial charge >= 0.3 is 5.69 Å². The minimum Gasteiger partial charge on any atom is -0.396 e. The summed E-state index contributed by atoms with van der Waals surface area (Å²) in [5, 5.41) is 13.2. The van der Waals surface area contributed by atoms with E-state index in [9.17, 15) is 28.4 Å². The van der Waals surface area contributed by atoms with Crippen LogP contribution in [0, 0.1) is 11.7 Å². The molecule has 2 amide bonds. The zero-order chi connectivity index (χ0) is 24.1. The molecule has 6 N–H and O–H groups in total. The lowest BCUT2D eigenvalue weighted by molar-refractivity contribution is -0.122. The van der Waals surface area contributed by atoms with Gasteiger partial charge in [0.25, 0.3) is 11.5 Å². The Balaban J connectivity index is 0.000000759. The van der Waals surface area contributed by atoms with Gasteiger partial charge in [0.05, 0.1) is 18.8 Å². The largest absolute Gasteiger partial charge is 0.396 e. The lowest BCUT2D eigenvalue weighted by Crippen LogP contribution is -2.45. The quantitative estimate of drug-likeness (QED) is 0.237. The van der Waals surface area contributed by atoms with Crippen molar-refractivity contribution >= 4 is 17.7 Å². The first-order valence-corrected chi connectivity index (χ1v) is 9.53. The number of nitrogens with zero attached hydrogens (tertiary/aromatic N) is 1. The summed E-state index contributed by atoms with van der Waals surface area (Å²) in [5.74, 6) is -2.65. The number of carbonyl (C=O) groups excluding carboxylic acids is 3. The molecule has 0 fully saturated rings. The Morgan fingerprint density at radius 2 is 1.90 bits per heavy atom. The maximum absolute atomic E-state index is 13.0. The predicted octanol–water partition coefficient (Wildman–Crippen LogP) is -1.13. The molecular formula is C19H30FN5O6. The number of aliphatic hydroxyl groups is 1. The molecule has 0 aliphatic rings. The number of hydrogen-bond acceptors (Lipinski definition) is 7. The maximum Gasteiger partial charge on any atom is 0.335 e. The predicted molar refractivity (Wildman–Crippen MR) is 112 cm³/mol. The highest BCUT2D eigenvalue weighted by molar-refractivity contribution is 5.92. The standard InChI is InChI=1S/C12H17FN4O4.C7H13NO2/c1-6(2)3-8(14)11(20)15-4-9(18)17-5-7(13)10(19)16-12(17)21;1-6(2)7(10)8-4-3-5-9/h5-6,8H,3-4,14H2,1-2H3,(H,15,20)(H,16,19,21);9H,1,3-5H2,2H3,(H,8,10)/t8-;/m1./s1. The second-order valence-electron chi connectivity index (χ2n) is 7.07.